The molecule has 0 fully saturated rings. The summed E-state index contributed by atoms with van der Waals surface area (Å²) in [4.78, 5) is 8.41. The lowest BCUT2D eigenvalue weighted by molar-refractivity contribution is 0.772. The third-order valence-electron chi connectivity index (χ3n) is 1.81. The predicted octanol–water partition coefficient (Wildman–Crippen LogP) is 1.88. The molecule has 0 amide bonds. The fourth-order valence-corrected chi connectivity index (χ4v) is 1.52. The Morgan fingerprint density at radius 1 is 1.21 bits per heavy atom. The summed E-state index contributed by atoms with van der Waals surface area (Å²) in [7, 11) is 0. The van der Waals surface area contributed by atoms with E-state index < -0.39 is 0 Å². The van der Waals surface area contributed by atoms with Crippen LogP contribution in [0.15, 0.2) is 18.5 Å². The second-order valence-electron chi connectivity index (χ2n) is 3.04. The summed E-state index contributed by atoms with van der Waals surface area (Å²) >= 11 is 2.18. The van der Waals surface area contributed by atoms with Gasteiger partial charge in [0.25, 0.3) is 5.95 Å². The van der Waals surface area contributed by atoms with Crippen LogP contribution in [-0.2, 0) is 0 Å². The van der Waals surface area contributed by atoms with Gasteiger partial charge in [-0.05, 0) is 42.5 Å². The summed E-state index contributed by atoms with van der Waals surface area (Å²) in [5.41, 5.74) is 2.02. The highest BCUT2D eigenvalue weighted by Crippen LogP contribution is 2.08. The maximum absolute atomic E-state index is 4.30. The van der Waals surface area contributed by atoms with Crippen molar-refractivity contribution in [2.24, 2.45) is 0 Å². The normalized spacial score (nSPS) is 10.5. The maximum Gasteiger partial charge on any atom is 0.250 e. The van der Waals surface area contributed by atoms with E-state index >= 15 is 0 Å². The first kappa shape index (κ1) is 9.57. The zero-order chi connectivity index (χ0) is 10.1. The smallest absolute Gasteiger partial charge is 0.219 e. The van der Waals surface area contributed by atoms with E-state index in [9.17, 15) is 0 Å². The van der Waals surface area contributed by atoms with Gasteiger partial charge in [0.2, 0.25) is 0 Å². The highest BCUT2D eigenvalue weighted by atomic mass is 127. The summed E-state index contributed by atoms with van der Waals surface area (Å²) in [5, 5.41) is 4.30. The molecule has 2 aromatic rings. The standard InChI is InChI=1S/C9H9IN4/c1-6-3-7(2)14(13-6)9-11-4-8(10)5-12-9/h3-5H,1-2H3. The Balaban J connectivity index is 2.49. The lowest BCUT2D eigenvalue weighted by Gasteiger charge is -2.00. The number of nitrogens with zero attached hydrogens (tertiary/aromatic N) is 4. The molecule has 0 atom stereocenters. The molecule has 0 saturated heterocycles. The molecule has 0 N–H and O–H groups in total. The molecule has 0 aliphatic heterocycles. The molecule has 4 nitrogen and oxygen atoms in total. The number of rotatable bonds is 1. The van der Waals surface area contributed by atoms with Crippen molar-refractivity contribution in [3.05, 3.63) is 33.4 Å². The van der Waals surface area contributed by atoms with Gasteiger partial charge in [0, 0.05) is 21.7 Å². The topological polar surface area (TPSA) is 43.6 Å². The fraction of sp³-hybridized carbons (Fsp3) is 0.222. The van der Waals surface area contributed by atoms with Crippen LogP contribution in [0.4, 0.5) is 0 Å². The molecular weight excluding hydrogens is 291 g/mol. The molecule has 0 aromatic carbocycles. The van der Waals surface area contributed by atoms with Gasteiger partial charge in [-0.2, -0.15) is 5.10 Å². The van der Waals surface area contributed by atoms with Crippen molar-refractivity contribution in [2.45, 2.75) is 13.8 Å². The van der Waals surface area contributed by atoms with Crippen molar-refractivity contribution in [3.8, 4) is 5.95 Å². The van der Waals surface area contributed by atoms with Crippen LogP contribution >= 0.6 is 22.6 Å². The van der Waals surface area contributed by atoms with Crippen molar-refractivity contribution >= 4 is 22.6 Å². The van der Waals surface area contributed by atoms with Crippen molar-refractivity contribution in [3.63, 3.8) is 0 Å². The van der Waals surface area contributed by atoms with Crippen LogP contribution in [-0.4, -0.2) is 19.7 Å². The Morgan fingerprint density at radius 3 is 2.36 bits per heavy atom. The van der Waals surface area contributed by atoms with Gasteiger partial charge < -0.3 is 0 Å². The van der Waals surface area contributed by atoms with Crippen molar-refractivity contribution in [2.75, 3.05) is 0 Å². The number of hydrogen-bond donors (Lipinski definition) is 0. The van der Waals surface area contributed by atoms with Crippen molar-refractivity contribution in [1.29, 1.82) is 0 Å². The SMILES string of the molecule is Cc1cc(C)n(-c2ncc(I)cn2)n1. The van der Waals surface area contributed by atoms with Gasteiger partial charge in [-0.25, -0.2) is 14.6 Å². The first-order chi connectivity index (χ1) is 6.66. The number of aromatic nitrogens is 4. The molecule has 0 bridgehead atoms. The molecular formula is C9H9IN4. The van der Waals surface area contributed by atoms with Crippen LogP contribution in [0, 0.1) is 17.4 Å². The van der Waals surface area contributed by atoms with Gasteiger partial charge in [0.15, 0.2) is 0 Å². The van der Waals surface area contributed by atoms with E-state index in [1.807, 2.05) is 19.9 Å². The van der Waals surface area contributed by atoms with Crippen LogP contribution in [0.25, 0.3) is 5.95 Å². The Bertz CT molecular complexity index is 446. The largest absolute Gasteiger partial charge is 0.250 e. The summed E-state index contributed by atoms with van der Waals surface area (Å²) in [6.45, 7) is 3.94. The second kappa shape index (κ2) is 3.64. The molecule has 14 heavy (non-hydrogen) atoms. The van der Waals surface area contributed by atoms with Crippen LogP contribution in [0.1, 0.15) is 11.4 Å². The lowest BCUT2D eigenvalue weighted by atomic mass is 10.4. The summed E-state index contributed by atoms with van der Waals surface area (Å²) in [5.74, 6) is 0.621. The predicted molar refractivity (Wildman–Crippen MR) is 61.3 cm³/mol. The van der Waals surface area contributed by atoms with Crippen LogP contribution in [0.3, 0.4) is 0 Å². The van der Waals surface area contributed by atoms with Gasteiger partial charge in [0.05, 0.1) is 5.69 Å². The molecule has 2 aromatic heterocycles. The van der Waals surface area contributed by atoms with E-state index in [0.717, 1.165) is 15.0 Å². The van der Waals surface area contributed by atoms with Gasteiger partial charge in [-0.15, -0.1) is 0 Å². The maximum atomic E-state index is 4.30. The first-order valence-corrected chi connectivity index (χ1v) is 5.26. The summed E-state index contributed by atoms with van der Waals surface area (Å²) < 4.78 is 2.76. The van der Waals surface area contributed by atoms with Gasteiger partial charge in [0.1, 0.15) is 0 Å². The molecule has 0 aliphatic rings. The van der Waals surface area contributed by atoms with E-state index in [1.54, 1.807) is 17.1 Å². The zero-order valence-electron chi connectivity index (χ0n) is 7.90. The molecule has 0 spiro atoms. The van der Waals surface area contributed by atoms with Crippen molar-refractivity contribution < 1.29 is 0 Å². The minimum atomic E-state index is 0.621. The minimum absolute atomic E-state index is 0.621. The molecule has 2 heterocycles. The molecule has 2 rings (SSSR count). The van der Waals surface area contributed by atoms with Crippen LogP contribution in [0.2, 0.25) is 0 Å². The number of halogens is 1. The lowest BCUT2D eigenvalue weighted by Crippen LogP contribution is -2.04. The van der Waals surface area contributed by atoms with E-state index in [2.05, 4.69) is 37.7 Å². The Morgan fingerprint density at radius 2 is 1.86 bits per heavy atom. The molecule has 0 unspecified atom stereocenters. The average Bonchev–Trinajstić information content (AvgIpc) is 2.47. The number of hydrogen-bond acceptors (Lipinski definition) is 3. The highest BCUT2D eigenvalue weighted by Gasteiger charge is 2.05. The monoisotopic (exact) mass is 300 g/mol. The second-order valence-corrected chi connectivity index (χ2v) is 4.29. The molecule has 0 saturated carbocycles. The van der Waals surface area contributed by atoms with Gasteiger partial charge in [-0.1, -0.05) is 0 Å². The quantitative estimate of drug-likeness (QED) is 0.755. The zero-order valence-corrected chi connectivity index (χ0v) is 10.1. The van der Waals surface area contributed by atoms with Crippen molar-refractivity contribution in [1.82, 2.24) is 19.7 Å². The highest BCUT2D eigenvalue weighted by molar-refractivity contribution is 14.1. The average molecular weight is 300 g/mol. The third-order valence-corrected chi connectivity index (χ3v) is 2.36. The molecule has 0 radical (unpaired) electrons. The van der Waals surface area contributed by atoms with E-state index in [4.69, 9.17) is 0 Å². The van der Waals surface area contributed by atoms with E-state index in [-0.39, 0.29) is 0 Å². The number of aryl methyl sites for hydroxylation is 2. The Hall–Kier alpha value is -0.980. The van der Waals surface area contributed by atoms with Crippen LogP contribution in [0.5, 0.6) is 0 Å². The summed E-state index contributed by atoms with van der Waals surface area (Å²) in [6, 6.07) is 2.00. The van der Waals surface area contributed by atoms with Crippen LogP contribution < -0.4 is 0 Å². The molecule has 72 valence electrons. The Labute approximate surface area is 95.5 Å². The first-order valence-electron chi connectivity index (χ1n) is 4.18. The Kier molecular flexibility index (Phi) is 2.49. The van der Waals surface area contributed by atoms with Gasteiger partial charge >= 0.3 is 0 Å². The molecule has 0 aliphatic carbocycles. The third kappa shape index (κ3) is 1.77. The summed E-state index contributed by atoms with van der Waals surface area (Å²) in [6.07, 6.45) is 3.55. The van der Waals surface area contributed by atoms with Gasteiger partial charge in [-0.3, -0.25) is 0 Å². The van der Waals surface area contributed by atoms with E-state index in [0.29, 0.717) is 5.95 Å². The minimum Gasteiger partial charge on any atom is -0.219 e. The fourth-order valence-electron chi connectivity index (χ4n) is 1.25. The molecule has 5 heteroatoms. The van der Waals surface area contributed by atoms with E-state index in [1.165, 1.54) is 0 Å².